The molecule has 0 radical (unpaired) electrons. The van der Waals surface area contributed by atoms with E-state index in [9.17, 15) is 0 Å². The molecule has 0 aliphatic heterocycles. The van der Waals surface area contributed by atoms with Crippen LogP contribution in [0.2, 0.25) is 5.02 Å². The Morgan fingerprint density at radius 3 is 2.67 bits per heavy atom. The van der Waals surface area contributed by atoms with Gasteiger partial charge in [-0.3, -0.25) is 0 Å². The maximum atomic E-state index is 6.00. The van der Waals surface area contributed by atoms with E-state index in [1.165, 1.54) is 16.7 Å². The van der Waals surface area contributed by atoms with Crippen LogP contribution in [0, 0.1) is 13.8 Å². The fraction of sp³-hybridized carbons (Fsp3) is 0.133. The van der Waals surface area contributed by atoms with E-state index in [4.69, 9.17) is 11.6 Å². The Kier molecular flexibility index (Phi) is 2.84. The molecule has 0 N–H and O–H groups in total. The average molecular weight is 274 g/mol. The number of aromatic nitrogens is 1. The van der Waals surface area contributed by atoms with Crippen molar-refractivity contribution in [1.82, 2.24) is 4.98 Å². The molecule has 0 bridgehead atoms. The number of nitrogens with zero attached hydrogens (tertiary/aromatic N) is 1. The van der Waals surface area contributed by atoms with Crippen molar-refractivity contribution in [3.05, 3.63) is 52.5 Å². The van der Waals surface area contributed by atoms with Crippen molar-refractivity contribution >= 4 is 33.2 Å². The number of halogens is 1. The predicted octanol–water partition coefficient (Wildman–Crippen LogP) is 5.23. The highest BCUT2D eigenvalue weighted by Gasteiger charge is 2.08. The van der Waals surface area contributed by atoms with Gasteiger partial charge in [-0.1, -0.05) is 35.4 Å². The molecule has 0 aliphatic carbocycles. The normalized spacial score (nSPS) is 11.1. The van der Waals surface area contributed by atoms with Crippen LogP contribution in [0.5, 0.6) is 0 Å². The standard InChI is InChI=1S/C15H12ClNS/c1-9-3-5-12(10(2)7-9)15-17-13-6-4-11(16)8-14(13)18-15/h3-8H,1-2H3. The summed E-state index contributed by atoms with van der Waals surface area (Å²) < 4.78 is 1.14. The fourth-order valence-corrected chi connectivity index (χ4v) is 3.40. The monoisotopic (exact) mass is 273 g/mol. The van der Waals surface area contributed by atoms with Crippen molar-refractivity contribution in [2.24, 2.45) is 0 Å². The van der Waals surface area contributed by atoms with Crippen molar-refractivity contribution < 1.29 is 0 Å². The van der Waals surface area contributed by atoms with E-state index in [-0.39, 0.29) is 0 Å². The minimum atomic E-state index is 0.762. The van der Waals surface area contributed by atoms with Crippen molar-refractivity contribution in [3.63, 3.8) is 0 Å². The van der Waals surface area contributed by atoms with Crippen LogP contribution < -0.4 is 0 Å². The van der Waals surface area contributed by atoms with E-state index in [0.717, 1.165) is 20.2 Å². The number of hydrogen-bond donors (Lipinski definition) is 0. The van der Waals surface area contributed by atoms with Gasteiger partial charge in [0, 0.05) is 10.6 Å². The molecule has 0 saturated heterocycles. The first-order valence-electron chi connectivity index (χ1n) is 5.77. The fourth-order valence-electron chi connectivity index (χ4n) is 2.07. The minimum Gasteiger partial charge on any atom is -0.236 e. The quantitative estimate of drug-likeness (QED) is 0.591. The molecule has 1 aromatic heterocycles. The molecule has 3 heteroatoms. The summed E-state index contributed by atoms with van der Waals surface area (Å²) in [5, 5.41) is 1.82. The summed E-state index contributed by atoms with van der Waals surface area (Å²) in [5.41, 5.74) is 4.76. The van der Waals surface area contributed by atoms with E-state index in [1.54, 1.807) is 11.3 Å². The molecule has 3 rings (SSSR count). The Bertz CT molecular complexity index is 730. The number of fused-ring (bicyclic) bond motifs is 1. The van der Waals surface area contributed by atoms with Crippen LogP contribution >= 0.6 is 22.9 Å². The van der Waals surface area contributed by atoms with E-state index in [1.807, 2.05) is 18.2 Å². The van der Waals surface area contributed by atoms with Crippen LogP contribution in [-0.4, -0.2) is 4.98 Å². The Morgan fingerprint density at radius 2 is 1.89 bits per heavy atom. The molecule has 0 fully saturated rings. The van der Waals surface area contributed by atoms with Gasteiger partial charge in [0.1, 0.15) is 5.01 Å². The summed E-state index contributed by atoms with van der Waals surface area (Å²) in [5.74, 6) is 0. The molecule has 2 aromatic carbocycles. The highest BCUT2D eigenvalue weighted by atomic mass is 35.5. The number of thiazole rings is 1. The van der Waals surface area contributed by atoms with Gasteiger partial charge >= 0.3 is 0 Å². The van der Waals surface area contributed by atoms with Gasteiger partial charge in [0.15, 0.2) is 0 Å². The number of rotatable bonds is 1. The highest BCUT2D eigenvalue weighted by molar-refractivity contribution is 7.21. The lowest BCUT2D eigenvalue weighted by Gasteiger charge is -2.02. The Hall–Kier alpha value is -1.38. The molecular formula is C15H12ClNS. The molecule has 90 valence electrons. The van der Waals surface area contributed by atoms with Gasteiger partial charge in [0.05, 0.1) is 10.2 Å². The number of aryl methyl sites for hydroxylation is 2. The average Bonchev–Trinajstić information content (AvgIpc) is 2.71. The van der Waals surface area contributed by atoms with E-state index < -0.39 is 0 Å². The molecule has 1 nitrogen and oxygen atoms in total. The summed E-state index contributed by atoms with van der Waals surface area (Å²) in [6.45, 7) is 4.23. The molecule has 0 unspecified atom stereocenters. The van der Waals surface area contributed by atoms with Crippen LogP contribution in [0.4, 0.5) is 0 Å². The van der Waals surface area contributed by atoms with Gasteiger partial charge < -0.3 is 0 Å². The van der Waals surface area contributed by atoms with Crippen LogP contribution in [-0.2, 0) is 0 Å². The van der Waals surface area contributed by atoms with Crippen molar-refractivity contribution in [2.75, 3.05) is 0 Å². The highest BCUT2D eigenvalue weighted by Crippen LogP contribution is 2.33. The van der Waals surface area contributed by atoms with E-state index in [0.29, 0.717) is 0 Å². The Balaban J connectivity index is 2.19. The second-order valence-corrected chi connectivity index (χ2v) is 5.92. The SMILES string of the molecule is Cc1ccc(-c2nc3ccc(Cl)cc3s2)c(C)c1. The summed E-state index contributed by atoms with van der Waals surface area (Å²) in [6.07, 6.45) is 0. The lowest BCUT2D eigenvalue weighted by molar-refractivity contribution is 1.36. The molecule has 3 aromatic rings. The van der Waals surface area contributed by atoms with Crippen LogP contribution in [0.3, 0.4) is 0 Å². The predicted molar refractivity (Wildman–Crippen MR) is 79.5 cm³/mol. The van der Waals surface area contributed by atoms with Gasteiger partial charge in [-0.25, -0.2) is 4.98 Å². The maximum Gasteiger partial charge on any atom is 0.124 e. The summed E-state index contributed by atoms with van der Waals surface area (Å²) in [4.78, 5) is 4.67. The molecular weight excluding hydrogens is 262 g/mol. The van der Waals surface area contributed by atoms with Crippen molar-refractivity contribution in [2.45, 2.75) is 13.8 Å². The molecule has 0 spiro atoms. The zero-order chi connectivity index (χ0) is 12.7. The number of benzene rings is 2. The van der Waals surface area contributed by atoms with Crippen molar-refractivity contribution in [3.8, 4) is 10.6 Å². The van der Waals surface area contributed by atoms with Gasteiger partial charge in [0.2, 0.25) is 0 Å². The number of hydrogen-bond acceptors (Lipinski definition) is 2. The van der Waals surface area contributed by atoms with Gasteiger partial charge in [-0.2, -0.15) is 0 Å². The second-order valence-electron chi connectivity index (χ2n) is 4.45. The zero-order valence-corrected chi connectivity index (χ0v) is 11.8. The topological polar surface area (TPSA) is 12.9 Å². The molecule has 0 saturated carbocycles. The first kappa shape index (κ1) is 11.7. The summed E-state index contributed by atoms with van der Waals surface area (Å²) in [7, 11) is 0. The smallest absolute Gasteiger partial charge is 0.124 e. The first-order chi connectivity index (χ1) is 8.63. The molecule has 0 aliphatic rings. The largest absolute Gasteiger partial charge is 0.236 e. The Morgan fingerprint density at radius 1 is 1.06 bits per heavy atom. The lowest BCUT2D eigenvalue weighted by Crippen LogP contribution is -1.83. The summed E-state index contributed by atoms with van der Waals surface area (Å²) in [6, 6.07) is 12.3. The second kappa shape index (κ2) is 4.38. The van der Waals surface area contributed by atoms with E-state index >= 15 is 0 Å². The van der Waals surface area contributed by atoms with Crippen LogP contribution in [0.15, 0.2) is 36.4 Å². The molecule has 1 heterocycles. The van der Waals surface area contributed by atoms with Crippen LogP contribution in [0.1, 0.15) is 11.1 Å². The first-order valence-corrected chi connectivity index (χ1v) is 6.96. The molecule has 0 amide bonds. The lowest BCUT2D eigenvalue weighted by atomic mass is 10.1. The zero-order valence-electron chi connectivity index (χ0n) is 10.2. The van der Waals surface area contributed by atoms with Crippen molar-refractivity contribution in [1.29, 1.82) is 0 Å². The third-order valence-corrected chi connectivity index (χ3v) is 4.25. The maximum absolute atomic E-state index is 6.00. The molecule has 0 atom stereocenters. The van der Waals surface area contributed by atoms with Gasteiger partial charge in [0.25, 0.3) is 0 Å². The van der Waals surface area contributed by atoms with Gasteiger partial charge in [-0.05, 0) is 37.6 Å². The van der Waals surface area contributed by atoms with Crippen LogP contribution in [0.25, 0.3) is 20.8 Å². The minimum absolute atomic E-state index is 0.762. The van der Waals surface area contributed by atoms with E-state index in [2.05, 4.69) is 37.0 Å². The van der Waals surface area contributed by atoms with Gasteiger partial charge in [-0.15, -0.1) is 11.3 Å². The molecule has 18 heavy (non-hydrogen) atoms. The summed E-state index contributed by atoms with van der Waals surface area (Å²) >= 11 is 7.69. The Labute approximate surface area is 115 Å². The third-order valence-electron chi connectivity index (χ3n) is 2.96. The third kappa shape index (κ3) is 2.02.